The van der Waals surface area contributed by atoms with Gasteiger partial charge in [0.05, 0.1) is 4.92 Å². The Bertz CT molecular complexity index is 526. The zero-order chi connectivity index (χ0) is 15.5. The van der Waals surface area contributed by atoms with Crippen molar-refractivity contribution in [3.8, 4) is 0 Å². The highest BCUT2D eigenvalue weighted by atomic mass is 16.6. The molecular formula is C14H19N3O4. The summed E-state index contributed by atoms with van der Waals surface area (Å²) in [5, 5.41) is 23.5. The summed E-state index contributed by atoms with van der Waals surface area (Å²) in [6.07, 6.45) is 0.320. The lowest BCUT2D eigenvalue weighted by Crippen LogP contribution is -2.59. The second-order valence-corrected chi connectivity index (χ2v) is 5.42. The van der Waals surface area contributed by atoms with Crippen molar-refractivity contribution in [3.63, 3.8) is 0 Å². The van der Waals surface area contributed by atoms with Crippen LogP contribution in [0.15, 0.2) is 24.3 Å². The van der Waals surface area contributed by atoms with Gasteiger partial charge in [0.1, 0.15) is 5.54 Å². The molecule has 7 heteroatoms. The van der Waals surface area contributed by atoms with E-state index in [2.05, 4.69) is 5.32 Å². The maximum atomic E-state index is 11.7. The number of rotatable bonds is 5. The summed E-state index contributed by atoms with van der Waals surface area (Å²) < 4.78 is 0. The second kappa shape index (κ2) is 6.19. The highest BCUT2D eigenvalue weighted by molar-refractivity contribution is 5.78. The van der Waals surface area contributed by atoms with Crippen LogP contribution in [-0.4, -0.2) is 52.6 Å². The first-order valence-corrected chi connectivity index (χ1v) is 6.86. The minimum atomic E-state index is -1.00. The smallest absolute Gasteiger partial charge is 0.324 e. The third-order valence-corrected chi connectivity index (χ3v) is 3.97. The van der Waals surface area contributed by atoms with Crippen LogP contribution in [0.2, 0.25) is 0 Å². The zero-order valence-electron chi connectivity index (χ0n) is 11.9. The lowest BCUT2D eigenvalue weighted by atomic mass is 9.90. The number of aliphatic carboxylic acids is 1. The Hall–Kier alpha value is -1.99. The van der Waals surface area contributed by atoms with Crippen LogP contribution in [0.1, 0.15) is 12.5 Å². The van der Waals surface area contributed by atoms with Gasteiger partial charge in [-0.15, -0.1) is 0 Å². The Labute approximate surface area is 122 Å². The molecule has 0 bridgehead atoms. The van der Waals surface area contributed by atoms with Gasteiger partial charge < -0.3 is 10.4 Å². The molecule has 0 amide bonds. The fourth-order valence-electron chi connectivity index (χ4n) is 2.61. The standard InChI is InChI=1S/C14H19N3O4/c1-14(13(18)19,16-8-6-15-7-9-16)10-11-2-4-12(5-3-11)17(20)21/h2-5,15H,6-10H2,1H3,(H,18,19)/t14-/m0/s1. The molecule has 1 aromatic carbocycles. The van der Waals surface area contributed by atoms with Crippen LogP contribution in [0.4, 0.5) is 5.69 Å². The Morgan fingerprint density at radius 2 is 1.95 bits per heavy atom. The van der Waals surface area contributed by atoms with Crippen molar-refractivity contribution in [1.82, 2.24) is 10.2 Å². The molecule has 1 aromatic rings. The SMILES string of the molecule is C[C@](Cc1ccc([N+](=O)[O-])cc1)(C(=O)O)N1CCNCC1. The minimum Gasteiger partial charge on any atom is -0.480 e. The molecule has 1 fully saturated rings. The molecule has 0 spiro atoms. The maximum Gasteiger partial charge on any atom is 0.324 e. The van der Waals surface area contributed by atoms with Crippen LogP contribution >= 0.6 is 0 Å². The topological polar surface area (TPSA) is 95.7 Å². The van der Waals surface area contributed by atoms with E-state index >= 15 is 0 Å². The van der Waals surface area contributed by atoms with Crippen molar-refractivity contribution in [2.45, 2.75) is 18.9 Å². The number of nitrogens with one attached hydrogen (secondary N) is 1. The Morgan fingerprint density at radius 3 is 2.43 bits per heavy atom. The summed E-state index contributed by atoms with van der Waals surface area (Å²) in [4.78, 5) is 23.9. The van der Waals surface area contributed by atoms with Crippen LogP contribution in [0.25, 0.3) is 0 Å². The lowest BCUT2D eigenvalue weighted by Gasteiger charge is -2.40. The maximum absolute atomic E-state index is 11.7. The summed E-state index contributed by atoms with van der Waals surface area (Å²) in [6.45, 7) is 4.60. The molecule has 0 saturated carbocycles. The summed E-state index contributed by atoms with van der Waals surface area (Å²) in [7, 11) is 0. The van der Waals surface area contributed by atoms with Gasteiger partial charge in [-0.2, -0.15) is 0 Å². The van der Waals surface area contributed by atoms with Gasteiger partial charge in [0.2, 0.25) is 0 Å². The minimum absolute atomic E-state index is 0.0120. The normalized spacial score (nSPS) is 18.9. The van der Waals surface area contributed by atoms with Crippen molar-refractivity contribution in [1.29, 1.82) is 0 Å². The molecule has 0 unspecified atom stereocenters. The van der Waals surface area contributed by atoms with Crippen LogP contribution in [0, 0.1) is 10.1 Å². The van der Waals surface area contributed by atoms with Gasteiger partial charge in [0, 0.05) is 44.7 Å². The first kappa shape index (κ1) is 15.4. The molecule has 1 aliphatic rings. The third kappa shape index (κ3) is 3.37. The number of benzene rings is 1. The van der Waals surface area contributed by atoms with Gasteiger partial charge >= 0.3 is 5.97 Å². The molecule has 7 nitrogen and oxygen atoms in total. The quantitative estimate of drug-likeness (QED) is 0.618. The van der Waals surface area contributed by atoms with Gasteiger partial charge in [0.25, 0.3) is 5.69 Å². The number of hydrogen-bond donors (Lipinski definition) is 2. The van der Waals surface area contributed by atoms with Crippen LogP contribution in [-0.2, 0) is 11.2 Å². The molecule has 1 atom stereocenters. The highest BCUT2D eigenvalue weighted by Gasteiger charge is 2.40. The number of carboxylic acids is 1. The van der Waals surface area contributed by atoms with E-state index in [-0.39, 0.29) is 5.69 Å². The van der Waals surface area contributed by atoms with Gasteiger partial charge in [-0.05, 0) is 12.5 Å². The molecular weight excluding hydrogens is 274 g/mol. The lowest BCUT2D eigenvalue weighted by molar-refractivity contribution is -0.384. The van der Waals surface area contributed by atoms with Gasteiger partial charge in [-0.25, -0.2) is 0 Å². The van der Waals surface area contributed by atoms with Crippen molar-refractivity contribution in [3.05, 3.63) is 39.9 Å². The van der Waals surface area contributed by atoms with E-state index < -0.39 is 16.4 Å². The van der Waals surface area contributed by atoms with E-state index in [1.807, 2.05) is 4.90 Å². The molecule has 114 valence electrons. The fourth-order valence-corrected chi connectivity index (χ4v) is 2.61. The largest absolute Gasteiger partial charge is 0.480 e. The number of nitrogens with zero attached hydrogens (tertiary/aromatic N) is 2. The summed E-state index contributed by atoms with van der Waals surface area (Å²) in [5.74, 6) is -0.872. The molecule has 0 aromatic heterocycles. The third-order valence-electron chi connectivity index (χ3n) is 3.97. The van der Waals surface area contributed by atoms with Crippen LogP contribution in [0.5, 0.6) is 0 Å². The summed E-state index contributed by atoms with van der Waals surface area (Å²) in [5.41, 5.74) is -0.208. The number of non-ortho nitro benzene ring substituents is 1. The van der Waals surface area contributed by atoms with E-state index in [1.54, 1.807) is 19.1 Å². The monoisotopic (exact) mass is 293 g/mol. The fraction of sp³-hybridized carbons (Fsp3) is 0.500. The van der Waals surface area contributed by atoms with Crippen LogP contribution in [0.3, 0.4) is 0 Å². The predicted octanol–water partition coefficient (Wildman–Crippen LogP) is 0.886. The Kier molecular flexibility index (Phi) is 4.54. The number of nitro groups is 1. The predicted molar refractivity (Wildman–Crippen MR) is 77.3 cm³/mol. The highest BCUT2D eigenvalue weighted by Crippen LogP contribution is 2.23. The number of carbonyl (C=O) groups is 1. The summed E-state index contributed by atoms with van der Waals surface area (Å²) in [6, 6.07) is 6.08. The Morgan fingerprint density at radius 1 is 1.38 bits per heavy atom. The van der Waals surface area contributed by atoms with Crippen molar-refractivity contribution < 1.29 is 14.8 Å². The first-order chi connectivity index (χ1) is 9.93. The molecule has 0 radical (unpaired) electrons. The van der Waals surface area contributed by atoms with Gasteiger partial charge in [-0.3, -0.25) is 19.8 Å². The van der Waals surface area contributed by atoms with Crippen molar-refractivity contribution in [2.75, 3.05) is 26.2 Å². The molecule has 1 aliphatic heterocycles. The van der Waals surface area contributed by atoms with E-state index in [0.717, 1.165) is 18.7 Å². The number of piperazine rings is 1. The molecule has 1 heterocycles. The molecule has 2 N–H and O–H groups in total. The van der Waals surface area contributed by atoms with E-state index in [1.165, 1.54) is 12.1 Å². The average Bonchev–Trinajstić information content (AvgIpc) is 2.48. The van der Waals surface area contributed by atoms with Crippen LogP contribution < -0.4 is 5.32 Å². The average molecular weight is 293 g/mol. The van der Waals surface area contributed by atoms with Crippen molar-refractivity contribution in [2.24, 2.45) is 0 Å². The molecule has 21 heavy (non-hydrogen) atoms. The number of nitro benzene ring substituents is 1. The number of hydrogen-bond acceptors (Lipinski definition) is 5. The van der Waals surface area contributed by atoms with Crippen molar-refractivity contribution >= 4 is 11.7 Å². The number of carboxylic acid groups (broad SMARTS) is 1. The van der Waals surface area contributed by atoms with Gasteiger partial charge in [0.15, 0.2) is 0 Å². The van der Waals surface area contributed by atoms with E-state index in [4.69, 9.17) is 0 Å². The second-order valence-electron chi connectivity index (χ2n) is 5.42. The Balaban J connectivity index is 2.18. The summed E-state index contributed by atoms with van der Waals surface area (Å²) >= 11 is 0. The molecule has 2 rings (SSSR count). The molecule has 1 saturated heterocycles. The molecule has 0 aliphatic carbocycles. The van der Waals surface area contributed by atoms with E-state index in [9.17, 15) is 20.0 Å². The zero-order valence-corrected chi connectivity index (χ0v) is 11.9. The first-order valence-electron chi connectivity index (χ1n) is 6.86. The van der Waals surface area contributed by atoms with Gasteiger partial charge in [-0.1, -0.05) is 12.1 Å². The van der Waals surface area contributed by atoms with E-state index in [0.29, 0.717) is 19.5 Å².